The molecular formula is C15H24BrN3. The van der Waals surface area contributed by atoms with Crippen molar-refractivity contribution in [3.05, 3.63) is 33.8 Å². The van der Waals surface area contributed by atoms with Crippen molar-refractivity contribution >= 4 is 15.9 Å². The summed E-state index contributed by atoms with van der Waals surface area (Å²) in [6, 6.07) is 7.13. The summed E-state index contributed by atoms with van der Waals surface area (Å²) in [4.78, 5) is 2.44. The standard InChI is InChI=1S/C15H24BrN3/c1-12-3-4-14(16)9-13(12)5-6-17-10-15-11-18-7-8-19(15)2/h3-4,9,15,17-18H,5-8,10-11H2,1-2H3. The van der Waals surface area contributed by atoms with Gasteiger partial charge in [0.1, 0.15) is 0 Å². The van der Waals surface area contributed by atoms with Gasteiger partial charge in [-0.25, -0.2) is 0 Å². The Hall–Kier alpha value is -0.420. The number of hydrogen-bond acceptors (Lipinski definition) is 3. The third-order valence-electron chi connectivity index (χ3n) is 3.91. The van der Waals surface area contributed by atoms with E-state index in [0.29, 0.717) is 6.04 Å². The number of likely N-dealkylation sites (N-methyl/N-ethyl adjacent to an activating group) is 1. The van der Waals surface area contributed by atoms with Gasteiger partial charge < -0.3 is 10.6 Å². The summed E-state index contributed by atoms with van der Waals surface area (Å²) in [7, 11) is 2.21. The lowest BCUT2D eigenvalue weighted by molar-refractivity contribution is 0.196. The summed E-state index contributed by atoms with van der Waals surface area (Å²) >= 11 is 3.54. The van der Waals surface area contributed by atoms with Crippen LogP contribution in [0.2, 0.25) is 0 Å². The lowest BCUT2D eigenvalue weighted by Gasteiger charge is -2.33. The molecule has 1 fully saturated rings. The minimum absolute atomic E-state index is 0.623. The van der Waals surface area contributed by atoms with Gasteiger partial charge in [-0.05, 0) is 50.2 Å². The van der Waals surface area contributed by atoms with E-state index in [1.165, 1.54) is 15.6 Å². The van der Waals surface area contributed by atoms with Crippen molar-refractivity contribution in [2.75, 3.05) is 39.8 Å². The maximum Gasteiger partial charge on any atom is 0.0342 e. The lowest BCUT2D eigenvalue weighted by Crippen LogP contribution is -2.53. The zero-order chi connectivity index (χ0) is 13.7. The molecule has 1 aromatic rings. The van der Waals surface area contributed by atoms with Crippen LogP contribution in [0.25, 0.3) is 0 Å². The van der Waals surface area contributed by atoms with Crippen LogP contribution in [0.5, 0.6) is 0 Å². The highest BCUT2D eigenvalue weighted by Crippen LogP contribution is 2.16. The van der Waals surface area contributed by atoms with Gasteiger partial charge in [-0.2, -0.15) is 0 Å². The first-order chi connectivity index (χ1) is 9.16. The van der Waals surface area contributed by atoms with E-state index in [0.717, 1.165) is 39.1 Å². The van der Waals surface area contributed by atoms with Crippen LogP contribution in [0, 0.1) is 6.92 Å². The van der Waals surface area contributed by atoms with Crippen molar-refractivity contribution in [1.29, 1.82) is 0 Å². The first-order valence-corrected chi connectivity index (χ1v) is 7.83. The fourth-order valence-corrected chi connectivity index (χ4v) is 2.90. The molecule has 0 radical (unpaired) electrons. The molecule has 0 aliphatic carbocycles. The third-order valence-corrected chi connectivity index (χ3v) is 4.40. The van der Waals surface area contributed by atoms with Gasteiger partial charge in [0.15, 0.2) is 0 Å². The van der Waals surface area contributed by atoms with E-state index >= 15 is 0 Å². The summed E-state index contributed by atoms with van der Waals surface area (Å²) in [5.41, 5.74) is 2.80. The SMILES string of the molecule is Cc1ccc(Br)cc1CCNCC1CNCCN1C. The number of nitrogens with zero attached hydrogens (tertiary/aromatic N) is 1. The maximum absolute atomic E-state index is 3.58. The normalized spacial score (nSPS) is 20.7. The number of hydrogen-bond donors (Lipinski definition) is 2. The van der Waals surface area contributed by atoms with E-state index in [1.54, 1.807) is 0 Å². The van der Waals surface area contributed by atoms with Crippen molar-refractivity contribution < 1.29 is 0 Å². The molecule has 106 valence electrons. The molecule has 2 rings (SSSR count). The third kappa shape index (κ3) is 4.56. The number of rotatable bonds is 5. The second-order valence-electron chi connectivity index (χ2n) is 5.36. The molecular weight excluding hydrogens is 302 g/mol. The fraction of sp³-hybridized carbons (Fsp3) is 0.600. The Bertz CT molecular complexity index is 408. The van der Waals surface area contributed by atoms with Crippen molar-refractivity contribution in [2.45, 2.75) is 19.4 Å². The molecule has 1 aliphatic heterocycles. The molecule has 0 amide bonds. The summed E-state index contributed by atoms with van der Waals surface area (Å²) < 4.78 is 1.17. The Morgan fingerprint density at radius 3 is 3.11 bits per heavy atom. The van der Waals surface area contributed by atoms with E-state index in [4.69, 9.17) is 0 Å². The average molecular weight is 326 g/mol. The molecule has 1 saturated heterocycles. The van der Waals surface area contributed by atoms with Crippen LogP contribution in [-0.2, 0) is 6.42 Å². The van der Waals surface area contributed by atoms with Gasteiger partial charge >= 0.3 is 0 Å². The summed E-state index contributed by atoms with van der Waals surface area (Å²) in [6.45, 7) is 7.65. The molecule has 1 aliphatic rings. The van der Waals surface area contributed by atoms with Crippen LogP contribution in [0.15, 0.2) is 22.7 Å². The number of benzene rings is 1. The van der Waals surface area contributed by atoms with E-state index in [1.807, 2.05) is 0 Å². The zero-order valence-electron chi connectivity index (χ0n) is 11.9. The molecule has 1 atom stereocenters. The first kappa shape index (κ1) is 15.0. The Labute approximate surface area is 124 Å². The Morgan fingerprint density at radius 1 is 1.47 bits per heavy atom. The minimum Gasteiger partial charge on any atom is -0.315 e. The number of aryl methyl sites for hydroxylation is 1. The quantitative estimate of drug-likeness (QED) is 0.808. The molecule has 4 heteroatoms. The highest BCUT2D eigenvalue weighted by atomic mass is 79.9. The van der Waals surface area contributed by atoms with Crippen molar-refractivity contribution in [3.63, 3.8) is 0 Å². The molecule has 1 unspecified atom stereocenters. The van der Waals surface area contributed by atoms with Gasteiger partial charge in [0.25, 0.3) is 0 Å². The molecule has 1 heterocycles. The van der Waals surface area contributed by atoms with Crippen LogP contribution in [-0.4, -0.2) is 50.7 Å². The molecule has 0 saturated carbocycles. The predicted octanol–water partition coefficient (Wildman–Crippen LogP) is 1.79. The Morgan fingerprint density at radius 2 is 2.32 bits per heavy atom. The molecule has 19 heavy (non-hydrogen) atoms. The summed E-state index contributed by atoms with van der Waals surface area (Å²) in [5, 5.41) is 7.04. The topological polar surface area (TPSA) is 27.3 Å². The van der Waals surface area contributed by atoms with Gasteiger partial charge in [-0.3, -0.25) is 4.90 Å². The lowest BCUT2D eigenvalue weighted by atomic mass is 10.1. The average Bonchev–Trinajstić information content (AvgIpc) is 2.40. The van der Waals surface area contributed by atoms with Gasteiger partial charge in [0, 0.05) is 36.7 Å². The van der Waals surface area contributed by atoms with E-state index in [9.17, 15) is 0 Å². The van der Waals surface area contributed by atoms with Crippen LogP contribution in [0.4, 0.5) is 0 Å². The van der Waals surface area contributed by atoms with Crippen molar-refractivity contribution in [2.24, 2.45) is 0 Å². The van der Waals surface area contributed by atoms with E-state index in [-0.39, 0.29) is 0 Å². The van der Waals surface area contributed by atoms with Crippen molar-refractivity contribution in [3.8, 4) is 0 Å². The predicted molar refractivity (Wildman–Crippen MR) is 84.7 cm³/mol. The largest absolute Gasteiger partial charge is 0.315 e. The maximum atomic E-state index is 3.58. The molecule has 0 bridgehead atoms. The molecule has 0 spiro atoms. The smallest absolute Gasteiger partial charge is 0.0342 e. The van der Waals surface area contributed by atoms with Crippen molar-refractivity contribution in [1.82, 2.24) is 15.5 Å². The summed E-state index contributed by atoms with van der Waals surface area (Å²) in [5.74, 6) is 0. The first-order valence-electron chi connectivity index (χ1n) is 7.03. The number of halogens is 1. The van der Waals surface area contributed by atoms with Crippen LogP contribution in [0.1, 0.15) is 11.1 Å². The highest BCUT2D eigenvalue weighted by molar-refractivity contribution is 9.10. The zero-order valence-corrected chi connectivity index (χ0v) is 13.5. The van der Waals surface area contributed by atoms with Gasteiger partial charge in [0.2, 0.25) is 0 Å². The van der Waals surface area contributed by atoms with Crippen LogP contribution in [0.3, 0.4) is 0 Å². The fourth-order valence-electron chi connectivity index (χ4n) is 2.49. The summed E-state index contributed by atoms with van der Waals surface area (Å²) in [6.07, 6.45) is 1.09. The van der Waals surface area contributed by atoms with Crippen LogP contribution < -0.4 is 10.6 Å². The Balaban J connectivity index is 1.73. The molecule has 0 aromatic heterocycles. The second-order valence-corrected chi connectivity index (χ2v) is 6.28. The van der Waals surface area contributed by atoms with Gasteiger partial charge in [-0.1, -0.05) is 22.0 Å². The monoisotopic (exact) mass is 325 g/mol. The minimum atomic E-state index is 0.623. The van der Waals surface area contributed by atoms with Crippen LogP contribution >= 0.6 is 15.9 Å². The molecule has 1 aromatic carbocycles. The molecule has 3 nitrogen and oxygen atoms in total. The number of piperazine rings is 1. The van der Waals surface area contributed by atoms with E-state index < -0.39 is 0 Å². The second kappa shape index (κ2) is 7.39. The Kier molecular flexibility index (Phi) is 5.82. The number of nitrogens with one attached hydrogen (secondary N) is 2. The van der Waals surface area contributed by atoms with E-state index in [2.05, 4.69) is 63.6 Å². The van der Waals surface area contributed by atoms with Gasteiger partial charge in [-0.15, -0.1) is 0 Å². The highest BCUT2D eigenvalue weighted by Gasteiger charge is 2.17. The molecule has 2 N–H and O–H groups in total. The van der Waals surface area contributed by atoms with Gasteiger partial charge in [0.05, 0.1) is 0 Å².